The maximum Gasteiger partial charge on any atom is 0.251 e. The van der Waals surface area contributed by atoms with Crippen LogP contribution in [0.25, 0.3) is 10.9 Å². The van der Waals surface area contributed by atoms with Gasteiger partial charge in [0.25, 0.3) is 5.91 Å². The second-order valence-electron chi connectivity index (χ2n) is 4.35. The number of aromatic amines is 1. The van der Waals surface area contributed by atoms with Crippen LogP contribution in [0, 0.1) is 0 Å². The SMILES string of the molecule is CC(C)OCCNC(=O)c1ccc2cn[nH]c2c1. The van der Waals surface area contributed by atoms with Crippen molar-refractivity contribution in [2.24, 2.45) is 0 Å². The van der Waals surface area contributed by atoms with Crippen LogP contribution in [0.2, 0.25) is 0 Å². The van der Waals surface area contributed by atoms with Gasteiger partial charge in [-0.05, 0) is 26.0 Å². The summed E-state index contributed by atoms with van der Waals surface area (Å²) in [6, 6.07) is 5.45. The molecule has 0 unspecified atom stereocenters. The molecule has 1 aromatic heterocycles. The van der Waals surface area contributed by atoms with Crippen molar-refractivity contribution in [3.8, 4) is 0 Å². The van der Waals surface area contributed by atoms with Crippen LogP contribution in [0.4, 0.5) is 0 Å². The number of hydrogen-bond donors (Lipinski definition) is 2. The number of rotatable bonds is 5. The van der Waals surface area contributed by atoms with Crippen LogP contribution >= 0.6 is 0 Å². The van der Waals surface area contributed by atoms with Crippen LogP contribution in [0.15, 0.2) is 24.4 Å². The molecule has 0 aliphatic heterocycles. The van der Waals surface area contributed by atoms with Crippen molar-refractivity contribution < 1.29 is 9.53 Å². The Morgan fingerprint density at radius 1 is 1.50 bits per heavy atom. The Bertz CT molecular complexity index is 534. The molecule has 2 rings (SSSR count). The van der Waals surface area contributed by atoms with Crippen LogP contribution in [-0.2, 0) is 4.74 Å². The quantitative estimate of drug-likeness (QED) is 0.790. The van der Waals surface area contributed by atoms with Gasteiger partial charge in [-0.15, -0.1) is 0 Å². The largest absolute Gasteiger partial charge is 0.377 e. The molecule has 0 fully saturated rings. The Labute approximate surface area is 106 Å². The molecule has 2 N–H and O–H groups in total. The molecule has 0 saturated heterocycles. The predicted octanol–water partition coefficient (Wildman–Crippen LogP) is 1.72. The first-order chi connectivity index (χ1) is 8.66. The number of ether oxygens (including phenoxy) is 1. The number of benzene rings is 1. The Kier molecular flexibility index (Phi) is 3.94. The average Bonchev–Trinajstić information content (AvgIpc) is 2.81. The van der Waals surface area contributed by atoms with E-state index >= 15 is 0 Å². The smallest absolute Gasteiger partial charge is 0.251 e. The normalized spacial score (nSPS) is 11.1. The number of amides is 1. The van der Waals surface area contributed by atoms with Gasteiger partial charge in [-0.2, -0.15) is 5.10 Å². The predicted molar refractivity (Wildman–Crippen MR) is 69.5 cm³/mol. The molecule has 0 aliphatic rings. The van der Waals surface area contributed by atoms with Gasteiger partial charge in [0.2, 0.25) is 0 Å². The summed E-state index contributed by atoms with van der Waals surface area (Å²) in [5.74, 6) is -0.0983. The van der Waals surface area contributed by atoms with Crippen LogP contribution < -0.4 is 5.32 Å². The lowest BCUT2D eigenvalue weighted by Gasteiger charge is -2.08. The summed E-state index contributed by atoms with van der Waals surface area (Å²) in [5, 5.41) is 10.6. The summed E-state index contributed by atoms with van der Waals surface area (Å²) >= 11 is 0. The van der Waals surface area contributed by atoms with E-state index in [-0.39, 0.29) is 12.0 Å². The first kappa shape index (κ1) is 12.6. The van der Waals surface area contributed by atoms with Crippen LogP contribution in [0.1, 0.15) is 24.2 Å². The van der Waals surface area contributed by atoms with Gasteiger partial charge in [-0.25, -0.2) is 0 Å². The summed E-state index contributed by atoms with van der Waals surface area (Å²) in [7, 11) is 0. The fraction of sp³-hybridized carbons (Fsp3) is 0.385. The molecule has 0 spiro atoms. The van der Waals surface area contributed by atoms with Gasteiger partial charge >= 0.3 is 0 Å². The topological polar surface area (TPSA) is 67.0 Å². The zero-order valence-corrected chi connectivity index (χ0v) is 10.6. The highest BCUT2D eigenvalue weighted by Gasteiger charge is 2.06. The lowest BCUT2D eigenvalue weighted by molar-refractivity contribution is 0.0746. The molecule has 18 heavy (non-hydrogen) atoms. The van der Waals surface area contributed by atoms with E-state index in [1.807, 2.05) is 19.9 Å². The van der Waals surface area contributed by atoms with Gasteiger partial charge in [0.15, 0.2) is 0 Å². The molecule has 1 aromatic carbocycles. The van der Waals surface area contributed by atoms with E-state index in [4.69, 9.17) is 4.74 Å². The molecule has 5 heteroatoms. The third-order valence-corrected chi connectivity index (χ3v) is 2.54. The van der Waals surface area contributed by atoms with E-state index in [1.165, 1.54) is 0 Å². The van der Waals surface area contributed by atoms with Crippen molar-refractivity contribution in [1.29, 1.82) is 0 Å². The Hall–Kier alpha value is -1.88. The Balaban J connectivity index is 1.92. The van der Waals surface area contributed by atoms with E-state index in [1.54, 1.807) is 18.3 Å². The highest BCUT2D eigenvalue weighted by molar-refractivity contribution is 5.97. The van der Waals surface area contributed by atoms with Crippen LogP contribution in [0.5, 0.6) is 0 Å². The minimum absolute atomic E-state index is 0.0983. The standard InChI is InChI=1S/C13H17N3O2/c1-9(2)18-6-5-14-13(17)10-3-4-11-8-15-16-12(11)7-10/h3-4,7-9H,5-6H2,1-2H3,(H,14,17)(H,15,16). The second kappa shape index (κ2) is 5.64. The molecule has 96 valence electrons. The van der Waals surface area contributed by atoms with Crippen molar-refractivity contribution in [3.63, 3.8) is 0 Å². The zero-order chi connectivity index (χ0) is 13.0. The number of hydrogen-bond acceptors (Lipinski definition) is 3. The molecule has 0 atom stereocenters. The molecule has 1 heterocycles. The number of aromatic nitrogens is 2. The Morgan fingerprint density at radius 2 is 2.33 bits per heavy atom. The van der Waals surface area contributed by atoms with Gasteiger partial charge in [0.05, 0.1) is 24.4 Å². The summed E-state index contributed by atoms with van der Waals surface area (Å²) in [6.45, 7) is 4.97. The second-order valence-corrected chi connectivity index (χ2v) is 4.35. The summed E-state index contributed by atoms with van der Waals surface area (Å²) in [6.07, 6.45) is 1.91. The highest BCUT2D eigenvalue weighted by Crippen LogP contribution is 2.12. The highest BCUT2D eigenvalue weighted by atomic mass is 16.5. The van der Waals surface area contributed by atoms with E-state index in [0.717, 1.165) is 10.9 Å². The van der Waals surface area contributed by atoms with Crippen molar-refractivity contribution >= 4 is 16.8 Å². The number of nitrogens with one attached hydrogen (secondary N) is 2. The first-order valence-corrected chi connectivity index (χ1v) is 6.00. The monoisotopic (exact) mass is 247 g/mol. The molecule has 0 aliphatic carbocycles. The average molecular weight is 247 g/mol. The molecule has 5 nitrogen and oxygen atoms in total. The lowest BCUT2D eigenvalue weighted by Crippen LogP contribution is -2.28. The molecule has 2 aromatic rings. The van der Waals surface area contributed by atoms with Crippen molar-refractivity contribution in [2.45, 2.75) is 20.0 Å². The molecular weight excluding hydrogens is 230 g/mol. The summed E-state index contributed by atoms with van der Waals surface area (Å²) in [4.78, 5) is 11.9. The van der Waals surface area contributed by atoms with Crippen molar-refractivity contribution in [2.75, 3.05) is 13.2 Å². The van der Waals surface area contributed by atoms with Gasteiger partial charge in [0.1, 0.15) is 0 Å². The summed E-state index contributed by atoms with van der Waals surface area (Å²) in [5.41, 5.74) is 1.48. The lowest BCUT2D eigenvalue weighted by atomic mass is 10.1. The molecule has 0 radical (unpaired) electrons. The van der Waals surface area contributed by atoms with E-state index in [2.05, 4.69) is 15.5 Å². The minimum atomic E-state index is -0.0983. The number of H-pyrrole nitrogens is 1. The number of carbonyl (C=O) groups excluding carboxylic acids is 1. The van der Waals surface area contributed by atoms with Crippen molar-refractivity contribution in [1.82, 2.24) is 15.5 Å². The van der Waals surface area contributed by atoms with Gasteiger partial charge < -0.3 is 10.1 Å². The Morgan fingerprint density at radius 3 is 3.11 bits per heavy atom. The van der Waals surface area contributed by atoms with Crippen molar-refractivity contribution in [3.05, 3.63) is 30.0 Å². The van der Waals surface area contributed by atoms with Crippen LogP contribution in [0.3, 0.4) is 0 Å². The molecular formula is C13H17N3O2. The first-order valence-electron chi connectivity index (χ1n) is 6.00. The fourth-order valence-corrected chi connectivity index (χ4v) is 1.64. The molecule has 0 saturated carbocycles. The maximum absolute atomic E-state index is 11.9. The van der Waals surface area contributed by atoms with E-state index < -0.39 is 0 Å². The number of nitrogens with zero attached hydrogens (tertiary/aromatic N) is 1. The van der Waals surface area contributed by atoms with E-state index in [0.29, 0.717) is 18.7 Å². The fourth-order valence-electron chi connectivity index (χ4n) is 1.64. The van der Waals surface area contributed by atoms with Gasteiger partial charge in [0, 0.05) is 17.5 Å². The van der Waals surface area contributed by atoms with Crippen LogP contribution in [-0.4, -0.2) is 35.4 Å². The third-order valence-electron chi connectivity index (χ3n) is 2.54. The minimum Gasteiger partial charge on any atom is -0.377 e. The number of fused-ring (bicyclic) bond motifs is 1. The molecule has 1 amide bonds. The zero-order valence-electron chi connectivity index (χ0n) is 10.6. The summed E-state index contributed by atoms with van der Waals surface area (Å²) < 4.78 is 5.36. The molecule has 0 bridgehead atoms. The maximum atomic E-state index is 11.9. The van der Waals surface area contributed by atoms with E-state index in [9.17, 15) is 4.79 Å². The van der Waals surface area contributed by atoms with Gasteiger partial charge in [-0.3, -0.25) is 9.89 Å². The third kappa shape index (κ3) is 3.07. The van der Waals surface area contributed by atoms with Gasteiger partial charge in [-0.1, -0.05) is 6.07 Å². The number of carbonyl (C=O) groups is 1.